The van der Waals surface area contributed by atoms with Gasteiger partial charge in [0.1, 0.15) is 5.75 Å². The second kappa shape index (κ2) is 6.24. The highest BCUT2D eigenvalue weighted by molar-refractivity contribution is 6.31. The molecule has 1 aromatic rings. The Balaban J connectivity index is 1.93. The summed E-state index contributed by atoms with van der Waals surface area (Å²) < 4.78 is 11.4. The van der Waals surface area contributed by atoms with Crippen molar-refractivity contribution in [2.75, 3.05) is 19.7 Å². The van der Waals surface area contributed by atoms with Gasteiger partial charge in [0.05, 0.1) is 11.7 Å². The van der Waals surface area contributed by atoms with Crippen molar-refractivity contribution in [3.63, 3.8) is 0 Å². The molecule has 1 aliphatic heterocycles. The molecule has 1 fully saturated rings. The molecule has 0 spiro atoms. The predicted molar refractivity (Wildman–Crippen MR) is 82.9 cm³/mol. The molecule has 0 unspecified atom stereocenters. The van der Waals surface area contributed by atoms with Crippen LogP contribution in [0.15, 0.2) is 18.2 Å². The van der Waals surface area contributed by atoms with Gasteiger partial charge in [-0.1, -0.05) is 11.6 Å². The lowest BCUT2D eigenvalue weighted by Gasteiger charge is -2.41. The fourth-order valence-electron chi connectivity index (χ4n) is 2.59. The lowest BCUT2D eigenvalue weighted by atomic mass is 10.1. The second-order valence-electron chi connectivity index (χ2n) is 6.16. The molecular weight excluding hydrogens is 290 g/mol. The molecule has 1 heterocycles. The lowest BCUT2D eigenvalue weighted by molar-refractivity contribution is -0.159. The van der Waals surface area contributed by atoms with Crippen molar-refractivity contribution < 1.29 is 14.3 Å². The zero-order chi connectivity index (χ0) is 15.6. The minimum atomic E-state index is -0.315. The first-order valence-corrected chi connectivity index (χ1v) is 7.49. The van der Waals surface area contributed by atoms with Gasteiger partial charge in [0.25, 0.3) is 5.91 Å². The van der Waals surface area contributed by atoms with Crippen LogP contribution in [0.2, 0.25) is 5.02 Å². The number of halogens is 1. The van der Waals surface area contributed by atoms with Crippen molar-refractivity contribution in [1.29, 1.82) is 0 Å². The van der Waals surface area contributed by atoms with E-state index in [1.54, 1.807) is 17.0 Å². The fraction of sp³-hybridized carbons (Fsp3) is 0.562. The summed E-state index contributed by atoms with van der Waals surface area (Å²) in [5.41, 5.74) is 0.618. The molecule has 1 atom stereocenters. The third-order valence-electron chi connectivity index (χ3n) is 3.41. The lowest BCUT2D eigenvalue weighted by Crippen LogP contribution is -2.54. The Hall–Kier alpha value is -1.26. The molecule has 21 heavy (non-hydrogen) atoms. The van der Waals surface area contributed by atoms with Crippen molar-refractivity contribution in [3.05, 3.63) is 28.8 Å². The van der Waals surface area contributed by atoms with Gasteiger partial charge in [0.2, 0.25) is 0 Å². The van der Waals surface area contributed by atoms with Gasteiger partial charge in [0, 0.05) is 18.1 Å². The molecule has 0 N–H and O–H groups in total. The van der Waals surface area contributed by atoms with Crippen LogP contribution in [0.1, 0.15) is 26.3 Å². The standard InChI is InChI=1S/C16H22ClNO3/c1-11-7-13(5-6-14(11)17)20-9-15(19)18-8-12(2)21-16(3,4)10-18/h5-7,12H,8-10H2,1-4H3/t12-/m0/s1. The molecule has 0 bridgehead atoms. The van der Waals surface area contributed by atoms with E-state index < -0.39 is 0 Å². The van der Waals surface area contributed by atoms with Crippen LogP contribution in [0.5, 0.6) is 5.75 Å². The number of morpholine rings is 1. The number of rotatable bonds is 3. The van der Waals surface area contributed by atoms with Crippen LogP contribution in [0.4, 0.5) is 0 Å². The van der Waals surface area contributed by atoms with E-state index in [1.807, 2.05) is 33.8 Å². The first-order chi connectivity index (χ1) is 9.77. The number of ether oxygens (including phenoxy) is 2. The minimum Gasteiger partial charge on any atom is -0.484 e. The summed E-state index contributed by atoms with van der Waals surface area (Å²) in [6, 6.07) is 5.38. The molecule has 1 aromatic carbocycles. The van der Waals surface area contributed by atoms with E-state index in [1.165, 1.54) is 0 Å². The topological polar surface area (TPSA) is 38.8 Å². The molecular formula is C16H22ClNO3. The molecule has 0 radical (unpaired) electrons. The Labute approximate surface area is 131 Å². The predicted octanol–water partition coefficient (Wildman–Crippen LogP) is 3.05. The van der Waals surface area contributed by atoms with E-state index in [4.69, 9.17) is 21.1 Å². The maximum Gasteiger partial charge on any atom is 0.260 e. The number of carbonyl (C=O) groups excluding carboxylic acids is 1. The van der Waals surface area contributed by atoms with Gasteiger partial charge in [-0.15, -0.1) is 0 Å². The highest BCUT2D eigenvalue weighted by atomic mass is 35.5. The summed E-state index contributed by atoms with van der Waals surface area (Å²) in [6.45, 7) is 9.08. The van der Waals surface area contributed by atoms with Crippen LogP contribution in [0.25, 0.3) is 0 Å². The first kappa shape index (κ1) is 16.1. The number of hydrogen-bond donors (Lipinski definition) is 0. The van der Waals surface area contributed by atoms with Crippen LogP contribution in [0, 0.1) is 6.92 Å². The molecule has 0 aromatic heterocycles. The zero-order valence-corrected chi connectivity index (χ0v) is 13.7. The van der Waals surface area contributed by atoms with Gasteiger partial charge in [-0.3, -0.25) is 4.79 Å². The average Bonchev–Trinajstić information content (AvgIpc) is 2.37. The van der Waals surface area contributed by atoms with Crippen LogP contribution < -0.4 is 4.74 Å². The summed E-state index contributed by atoms with van der Waals surface area (Å²) in [5, 5.41) is 0.692. The summed E-state index contributed by atoms with van der Waals surface area (Å²) in [4.78, 5) is 14.1. The van der Waals surface area contributed by atoms with Gasteiger partial charge in [-0.2, -0.15) is 0 Å². The van der Waals surface area contributed by atoms with Gasteiger partial charge >= 0.3 is 0 Å². The smallest absolute Gasteiger partial charge is 0.260 e. The van der Waals surface area contributed by atoms with Gasteiger partial charge < -0.3 is 14.4 Å². The van der Waals surface area contributed by atoms with E-state index in [0.717, 1.165) is 5.56 Å². The number of amides is 1. The molecule has 1 aliphatic rings. The van der Waals surface area contributed by atoms with Crippen LogP contribution in [0.3, 0.4) is 0 Å². The minimum absolute atomic E-state index is 0.0224. The van der Waals surface area contributed by atoms with E-state index >= 15 is 0 Å². The molecule has 4 nitrogen and oxygen atoms in total. The van der Waals surface area contributed by atoms with Crippen molar-refractivity contribution in [2.24, 2.45) is 0 Å². The van der Waals surface area contributed by atoms with E-state index in [2.05, 4.69) is 0 Å². The average molecular weight is 312 g/mol. The molecule has 1 saturated heterocycles. The number of nitrogens with zero attached hydrogens (tertiary/aromatic N) is 1. The van der Waals surface area contributed by atoms with Crippen molar-refractivity contribution in [2.45, 2.75) is 39.4 Å². The number of aryl methyl sites for hydroxylation is 1. The largest absolute Gasteiger partial charge is 0.484 e. The third kappa shape index (κ3) is 4.35. The van der Waals surface area contributed by atoms with E-state index in [9.17, 15) is 4.79 Å². The van der Waals surface area contributed by atoms with Crippen LogP contribution in [-0.2, 0) is 9.53 Å². The SMILES string of the molecule is Cc1cc(OCC(=O)N2C[C@H](C)OC(C)(C)C2)ccc1Cl. The summed E-state index contributed by atoms with van der Waals surface area (Å²) in [6.07, 6.45) is 0.0375. The van der Waals surface area contributed by atoms with Gasteiger partial charge in [-0.25, -0.2) is 0 Å². The summed E-state index contributed by atoms with van der Waals surface area (Å²) >= 11 is 5.97. The highest BCUT2D eigenvalue weighted by Crippen LogP contribution is 2.22. The molecule has 0 aliphatic carbocycles. The van der Waals surface area contributed by atoms with Crippen molar-refractivity contribution in [3.8, 4) is 5.75 Å². The Morgan fingerprint density at radius 2 is 2.24 bits per heavy atom. The van der Waals surface area contributed by atoms with E-state index in [0.29, 0.717) is 23.9 Å². The number of hydrogen-bond acceptors (Lipinski definition) is 3. The van der Waals surface area contributed by atoms with Crippen molar-refractivity contribution in [1.82, 2.24) is 4.90 Å². The summed E-state index contributed by atoms with van der Waals surface area (Å²) in [5.74, 6) is 0.636. The molecule has 0 saturated carbocycles. The molecule has 116 valence electrons. The third-order valence-corrected chi connectivity index (χ3v) is 3.84. The maximum atomic E-state index is 12.3. The Bertz CT molecular complexity index is 530. The normalized spacial score (nSPS) is 21.2. The van der Waals surface area contributed by atoms with Gasteiger partial charge in [-0.05, 0) is 51.5 Å². The fourth-order valence-corrected chi connectivity index (χ4v) is 2.70. The Morgan fingerprint density at radius 1 is 1.52 bits per heavy atom. The van der Waals surface area contributed by atoms with Crippen LogP contribution in [-0.4, -0.2) is 42.2 Å². The second-order valence-corrected chi connectivity index (χ2v) is 6.57. The van der Waals surface area contributed by atoms with Crippen molar-refractivity contribution >= 4 is 17.5 Å². The quantitative estimate of drug-likeness (QED) is 0.861. The van der Waals surface area contributed by atoms with E-state index in [-0.39, 0.29) is 24.2 Å². The Kier molecular flexibility index (Phi) is 4.79. The molecule has 5 heteroatoms. The monoisotopic (exact) mass is 311 g/mol. The van der Waals surface area contributed by atoms with Crippen LogP contribution >= 0.6 is 11.6 Å². The number of carbonyl (C=O) groups is 1. The Morgan fingerprint density at radius 3 is 2.86 bits per heavy atom. The zero-order valence-electron chi connectivity index (χ0n) is 13.0. The molecule has 1 amide bonds. The van der Waals surface area contributed by atoms with Gasteiger partial charge in [0.15, 0.2) is 6.61 Å². The number of benzene rings is 1. The molecule has 2 rings (SSSR count). The first-order valence-electron chi connectivity index (χ1n) is 7.11. The maximum absolute atomic E-state index is 12.3. The highest BCUT2D eigenvalue weighted by Gasteiger charge is 2.33. The summed E-state index contributed by atoms with van der Waals surface area (Å²) in [7, 11) is 0.